The lowest BCUT2D eigenvalue weighted by atomic mass is 10.2. The fraction of sp³-hybridized carbons (Fsp3) is 0.778. The zero-order valence-corrected chi connectivity index (χ0v) is 7.43. The molecule has 11 heavy (non-hydrogen) atoms. The number of hydrogen-bond acceptors (Lipinski definition) is 2. The minimum Gasteiger partial charge on any atom is -0.458 e. The molecule has 0 rings (SSSR count). The molecule has 0 amide bonds. The molecule has 0 aromatic heterocycles. The molecule has 0 aliphatic heterocycles. The molecule has 0 aromatic rings. The number of ether oxygens (including phenoxy) is 1. The second-order valence-electron chi connectivity index (χ2n) is 2.52. The number of esters is 1. The topological polar surface area (TPSA) is 26.3 Å². The summed E-state index contributed by atoms with van der Waals surface area (Å²) >= 11 is 0. The number of hydrogen-bond donors (Lipinski definition) is 0. The number of rotatable bonds is 6. The van der Waals surface area contributed by atoms with E-state index in [1.807, 2.05) is 6.92 Å². The third-order valence-electron chi connectivity index (χ3n) is 1.37. The van der Waals surface area contributed by atoms with Crippen molar-refractivity contribution in [1.29, 1.82) is 0 Å². The predicted molar refractivity (Wildman–Crippen MR) is 44.8 cm³/mol. The van der Waals surface area contributed by atoms with Gasteiger partial charge in [-0.3, -0.25) is 4.79 Å². The molecule has 65 valence electrons. The van der Waals surface area contributed by atoms with Crippen LogP contribution in [0.5, 0.6) is 0 Å². The van der Waals surface area contributed by atoms with Gasteiger partial charge in [0.2, 0.25) is 0 Å². The molecule has 2 heteroatoms. The van der Waals surface area contributed by atoms with Crippen LogP contribution in [0.1, 0.15) is 46.0 Å². The molecular weight excluding hydrogens is 140 g/mol. The van der Waals surface area contributed by atoms with Gasteiger partial charge in [-0.2, -0.15) is 0 Å². The second kappa shape index (κ2) is 7.58. The summed E-state index contributed by atoms with van der Waals surface area (Å²) in [6, 6.07) is 0. The van der Waals surface area contributed by atoms with Gasteiger partial charge in [0.1, 0.15) is 6.61 Å². The molecule has 0 aromatic carbocycles. The average Bonchev–Trinajstić information content (AvgIpc) is 2.01. The van der Waals surface area contributed by atoms with Crippen LogP contribution < -0.4 is 0 Å². The molecule has 0 bridgehead atoms. The summed E-state index contributed by atoms with van der Waals surface area (Å²) in [7, 11) is 0. The van der Waals surface area contributed by atoms with Gasteiger partial charge in [-0.15, -0.1) is 0 Å². The second-order valence-corrected chi connectivity index (χ2v) is 2.52. The van der Waals surface area contributed by atoms with E-state index in [1.165, 1.54) is 0 Å². The summed E-state index contributed by atoms with van der Waals surface area (Å²) in [6.45, 7) is 5.61. The molecule has 0 saturated heterocycles. The SMILES string of the molecule is CC[CH]OC(=O)CCCCC. The maximum atomic E-state index is 10.8. The average molecular weight is 157 g/mol. The van der Waals surface area contributed by atoms with Crippen molar-refractivity contribution in [2.24, 2.45) is 0 Å². The smallest absolute Gasteiger partial charge is 0.306 e. The van der Waals surface area contributed by atoms with Crippen molar-refractivity contribution < 1.29 is 9.53 Å². The van der Waals surface area contributed by atoms with Crippen molar-refractivity contribution in [2.45, 2.75) is 46.0 Å². The van der Waals surface area contributed by atoms with Crippen LogP contribution in [-0.4, -0.2) is 5.97 Å². The van der Waals surface area contributed by atoms with Gasteiger partial charge in [-0.1, -0.05) is 26.7 Å². The monoisotopic (exact) mass is 157 g/mol. The van der Waals surface area contributed by atoms with Crippen molar-refractivity contribution in [3.05, 3.63) is 6.61 Å². The third kappa shape index (κ3) is 7.37. The van der Waals surface area contributed by atoms with Crippen molar-refractivity contribution in [3.8, 4) is 0 Å². The van der Waals surface area contributed by atoms with E-state index >= 15 is 0 Å². The Hall–Kier alpha value is -0.530. The van der Waals surface area contributed by atoms with E-state index in [-0.39, 0.29) is 5.97 Å². The summed E-state index contributed by atoms with van der Waals surface area (Å²) in [5.41, 5.74) is 0. The van der Waals surface area contributed by atoms with Crippen LogP contribution in [-0.2, 0) is 9.53 Å². The van der Waals surface area contributed by atoms with E-state index in [4.69, 9.17) is 4.74 Å². The van der Waals surface area contributed by atoms with E-state index in [0.717, 1.165) is 25.7 Å². The molecule has 0 fully saturated rings. The van der Waals surface area contributed by atoms with Gasteiger partial charge in [0, 0.05) is 6.42 Å². The Bertz CT molecular complexity index is 99.7. The minimum absolute atomic E-state index is 0.0969. The summed E-state index contributed by atoms with van der Waals surface area (Å²) in [5, 5.41) is 0. The van der Waals surface area contributed by atoms with Gasteiger partial charge in [0.25, 0.3) is 0 Å². The van der Waals surface area contributed by atoms with E-state index < -0.39 is 0 Å². The lowest BCUT2D eigenvalue weighted by molar-refractivity contribution is -0.140. The van der Waals surface area contributed by atoms with Crippen molar-refractivity contribution >= 4 is 5.97 Å². The molecule has 0 N–H and O–H groups in total. The normalized spacial score (nSPS) is 9.64. The molecule has 0 aliphatic rings. The van der Waals surface area contributed by atoms with Gasteiger partial charge in [-0.25, -0.2) is 0 Å². The first-order chi connectivity index (χ1) is 5.31. The van der Waals surface area contributed by atoms with E-state index in [9.17, 15) is 4.79 Å². The Morgan fingerprint density at radius 1 is 1.36 bits per heavy atom. The van der Waals surface area contributed by atoms with Crippen molar-refractivity contribution in [3.63, 3.8) is 0 Å². The largest absolute Gasteiger partial charge is 0.458 e. The Balaban J connectivity index is 3.09. The quantitative estimate of drug-likeness (QED) is 0.437. The van der Waals surface area contributed by atoms with Gasteiger partial charge >= 0.3 is 5.97 Å². The molecule has 0 unspecified atom stereocenters. The van der Waals surface area contributed by atoms with Crippen LogP contribution in [0, 0.1) is 6.61 Å². The van der Waals surface area contributed by atoms with Crippen LogP contribution in [0.15, 0.2) is 0 Å². The minimum atomic E-state index is -0.0969. The Labute approximate surface area is 68.9 Å². The maximum absolute atomic E-state index is 10.8. The lowest BCUT2D eigenvalue weighted by Gasteiger charge is -2.00. The summed E-state index contributed by atoms with van der Waals surface area (Å²) in [4.78, 5) is 10.8. The predicted octanol–water partition coefficient (Wildman–Crippen LogP) is 2.68. The fourth-order valence-electron chi connectivity index (χ4n) is 0.755. The Morgan fingerprint density at radius 2 is 2.09 bits per heavy atom. The zero-order valence-electron chi connectivity index (χ0n) is 7.43. The summed E-state index contributed by atoms with van der Waals surface area (Å²) in [5.74, 6) is -0.0969. The van der Waals surface area contributed by atoms with Crippen LogP contribution in [0.4, 0.5) is 0 Å². The number of carbonyl (C=O) groups excluding carboxylic acids is 1. The van der Waals surface area contributed by atoms with Gasteiger partial charge in [0.15, 0.2) is 0 Å². The van der Waals surface area contributed by atoms with Crippen LogP contribution in [0.25, 0.3) is 0 Å². The van der Waals surface area contributed by atoms with E-state index in [1.54, 1.807) is 6.61 Å². The molecule has 1 radical (unpaired) electrons. The first-order valence-corrected chi connectivity index (χ1v) is 4.32. The Morgan fingerprint density at radius 3 is 2.64 bits per heavy atom. The van der Waals surface area contributed by atoms with Crippen LogP contribution in [0.2, 0.25) is 0 Å². The number of unbranched alkanes of at least 4 members (excludes halogenated alkanes) is 2. The van der Waals surface area contributed by atoms with E-state index in [2.05, 4.69) is 6.92 Å². The fourth-order valence-corrected chi connectivity index (χ4v) is 0.755. The Kier molecular flexibility index (Phi) is 7.21. The summed E-state index contributed by atoms with van der Waals surface area (Å²) < 4.78 is 4.77. The van der Waals surface area contributed by atoms with Gasteiger partial charge in [-0.05, 0) is 12.8 Å². The highest BCUT2D eigenvalue weighted by molar-refractivity contribution is 5.69. The van der Waals surface area contributed by atoms with Crippen molar-refractivity contribution in [2.75, 3.05) is 0 Å². The van der Waals surface area contributed by atoms with Gasteiger partial charge < -0.3 is 4.74 Å². The standard InChI is InChI=1S/C9H17O2/c1-3-5-6-7-9(10)11-8-4-2/h8H,3-7H2,1-2H3. The van der Waals surface area contributed by atoms with E-state index in [0.29, 0.717) is 6.42 Å². The molecule has 0 saturated carbocycles. The maximum Gasteiger partial charge on any atom is 0.306 e. The first-order valence-electron chi connectivity index (χ1n) is 4.32. The first kappa shape index (κ1) is 10.5. The highest BCUT2D eigenvalue weighted by Crippen LogP contribution is 2.01. The summed E-state index contributed by atoms with van der Waals surface area (Å²) in [6.07, 6.45) is 4.56. The highest BCUT2D eigenvalue weighted by atomic mass is 16.5. The highest BCUT2D eigenvalue weighted by Gasteiger charge is 2.00. The molecule has 0 atom stereocenters. The number of carbonyl (C=O) groups is 1. The molecule has 2 nitrogen and oxygen atoms in total. The zero-order chi connectivity index (χ0) is 8.53. The molecule has 0 spiro atoms. The molecule has 0 aliphatic carbocycles. The van der Waals surface area contributed by atoms with Crippen LogP contribution >= 0.6 is 0 Å². The third-order valence-corrected chi connectivity index (χ3v) is 1.37. The van der Waals surface area contributed by atoms with Gasteiger partial charge in [0.05, 0.1) is 0 Å². The van der Waals surface area contributed by atoms with Crippen molar-refractivity contribution in [1.82, 2.24) is 0 Å². The lowest BCUT2D eigenvalue weighted by Crippen LogP contribution is -2.01. The van der Waals surface area contributed by atoms with Crippen LogP contribution in [0.3, 0.4) is 0 Å². The molecular formula is C9H17O2. The molecule has 0 heterocycles.